The molecule has 1 aromatic rings. The monoisotopic (exact) mass is 258 g/mol. The summed E-state index contributed by atoms with van der Waals surface area (Å²) in [5.74, 6) is -0.176. The third kappa shape index (κ3) is 5.36. The van der Waals surface area contributed by atoms with Crippen molar-refractivity contribution < 1.29 is 9.90 Å². The lowest BCUT2D eigenvalue weighted by Crippen LogP contribution is -2.33. The number of aliphatic hydroxyl groups is 1. The molecule has 1 rings (SSSR count). The number of nitriles is 1. The molecule has 1 atom stereocenters. The van der Waals surface area contributed by atoms with Crippen LogP contribution in [0.2, 0.25) is 0 Å². The lowest BCUT2D eigenvalue weighted by atomic mass is 10.1. The molecule has 1 unspecified atom stereocenters. The minimum Gasteiger partial charge on any atom is -0.396 e. The molecular formula is C15H18N2O2. The molecule has 0 aromatic heterocycles. The van der Waals surface area contributed by atoms with E-state index in [-0.39, 0.29) is 18.6 Å². The number of amides is 1. The van der Waals surface area contributed by atoms with Crippen molar-refractivity contribution in [3.63, 3.8) is 0 Å². The molecule has 1 amide bonds. The van der Waals surface area contributed by atoms with Gasteiger partial charge in [-0.1, -0.05) is 19.1 Å². The van der Waals surface area contributed by atoms with Crippen LogP contribution in [0.4, 0.5) is 0 Å². The van der Waals surface area contributed by atoms with E-state index in [9.17, 15) is 4.79 Å². The highest BCUT2D eigenvalue weighted by molar-refractivity contribution is 5.91. The fraction of sp³-hybridized carbons (Fsp3) is 0.333. The van der Waals surface area contributed by atoms with E-state index in [2.05, 4.69) is 5.32 Å². The summed E-state index contributed by atoms with van der Waals surface area (Å²) in [6.07, 6.45) is 4.51. The van der Waals surface area contributed by atoms with Crippen molar-refractivity contribution in [2.75, 3.05) is 6.61 Å². The van der Waals surface area contributed by atoms with Crippen molar-refractivity contribution >= 4 is 12.0 Å². The molecule has 0 bridgehead atoms. The van der Waals surface area contributed by atoms with Gasteiger partial charge in [0.05, 0.1) is 11.6 Å². The van der Waals surface area contributed by atoms with Crippen LogP contribution >= 0.6 is 0 Å². The average molecular weight is 258 g/mol. The lowest BCUT2D eigenvalue weighted by Gasteiger charge is -2.13. The summed E-state index contributed by atoms with van der Waals surface area (Å²) >= 11 is 0. The van der Waals surface area contributed by atoms with Gasteiger partial charge in [-0.05, 0) is 36.6 Å². The van der Waals surface area contributed by atoms with Crippen LogP contribution in [-0.2, 0) is 4.79 Å². The van der Waals surface area contributed by atoms with Crippen LogP contribution in [0.5, 0.6) is 0 Å². The van der Waals surface area contributed by atoms with Gasteiger partial charge in [0.2, 0.25) is 5.91 Å². The summed E-state index contributed by atoms with van der Waals surface area (Å²) in [6.45, 7) is 2.03. The van der Waals surface area contributed by atoms with E-state index in [1.165, 1.54) is 6.08 Å². The number of nitrogens with zero attached hydrogens (tertiary/aromatic N) is 1. The summed E-state index contributed by atoms with van der Waals surface area (Å²) in [7, 11) is 0. The molecule has 0 aliphatic carbocycles. The largest absolute Gasteiger partial charge is 0.396 e. The summed E-state index contributed by atoms with van der Waals surface area (Å²) in [6, 6.07) is 9.03. The maximum atomic E-state index is 11.7. The van der Waals surface area contributed by atoms with E-state index >= 15 is 0 Å². The van der Waals surface area contributed by atoms with Gasteiger partial charge in [-0.25, -0.2) is 0 Å². The number of aliphatic hydroxyl groups excluding tert-OH is 1. The summed E-state index contributed by atoms with van der Waals surface area (Å²) in [4.78, 5) is 11.7. The standard InChI is InChI=1S/C15H18N2O2/c1-2-14(9-10-18)17-15(19)8-7-12-3-5-13(11-16)6-4-12/h3-8,14,18H,2,9-10H2,1H3,(H,17,19)/b8-7+. The van der Waals surface area contributed by atoms with Gasteiger partial charge in [-0.15, -0.1) is 0 Å². The van der Waals surface area contributed by atoms with Gasteiger partial charge in [0, 0.05) is 18.7 Å². The number of rotatable bonds is 6. The molecule has 4 heteroatoms. The van der Waals surface area contributed by atoms with Gasteiger partial charge in [0.25, 0.3) is 0 Å². The van der Waals surface area contributed by atoms with E-state index in [1.807, 2.05) is 13.0 Å². The van der Waals surface area contributed by atoms with E-state index in [0.29, 0.717) is 12.0 Å². The Kier molecular flexibility index (Phi) is 6.34. The van der Waals surface area contributed by atoms with Gasteiger partial charge >= 0.3 is 0 Å². The molecule has 0 fully saturated rings. The highest BCUT2D eigenvalue weighted by atomic mass is 16.3. The highest BCUT2D eigenvalue weighted by Gasteiger charge is 2.06. The number of carbonyl (C=O) groups excluding carboxylic acids is 1. The van der Waals surface area contributed by atoms with Crippen LogP contribution in [0.1, 0.15) is 30.9 Å². The first kappa shape index (κ1) is 14.9. The Hall–Kier alpha value is -2.12. The molecule has 0 heterocycles. The van der Waals surface area contributed by atoms with Crippen LogP contribution in [0.25, 0.3) is 6.08 Å². The smallest absolute Gasteiger partial charge is 0.244 e. The number of nitrogens with one attached hydrogen (secondary N) is 1. The van der Waals surface area contributed by atoms with Crippen LogP contribution in [0, 0.1) is 11.3 Å². The summed E-state index contributed by atoms with van der Waals surface area (Å²) in [5, 5.41) is 20.3. The Labute approximate surface area is 113 Å². The highest BCUT2D eigenvalue weighted by Crippen LogP contribution is 2.05. The van der Waals surface area contributed by atoms with Crippen LogP contribution in [0.3, 0.4) is 0 Å². The molecule has 2 N–H and O–H groups in total. The first-order chi connectivity index (χ1) is 9.19. The van der Waals surface area contributed by atoms with E-state index in [4.69, 9.17) is 10.4 Å². The minimum absolute atomic E-state index is 0.00288. The third-order valence-corrected chi connectivity index (χ3v) is 2.78. The minimum atomic E-state index is -0.176. The van der Waals surface area contributed by atoms with E-state index in [1.54, 1.807) is 30.3 Å². The Balaban J connectivity index is 2.55. The quantitative estimate of drug-likeness (QED) is 0.765. The first-order valence-corrected chi connectivity index (χ1v) is 6.29. The molecule has 19 heavy (non-hydrogen) atoms. The van der Waals surface area contributed by atoms with Crippen LogP contribution in [0.15, 0.2) is 30.3 Å². The molecular weight excluding hydrogens is 240 g/mol. The number of hydrogen-bond donors (Lipinski definition) is 2. The first-order valence-electron chi connectivity index (χ1n) is 6.29. The predicted molar refractivity (Wildman–Crippen MR) is 74.1 cm³/mol. The molecule has 0 saturated heterocycles. The summed E-state index contributed by atoms with van der Waals surface area (Å²) in [5.41, 5.74) is 1.46. The predicted octanol–water partition coefficient (Wildman–Crippen LogP) is 1.85. The second kappa shape index (κ2) is 8.06. The van der Waals surface area contributed by atoms with Gasteiger partial charge in [-0.2, -0.15) is 5.26 Å². The van der Waals surface area contributed by atoms with Crippen molar-refractivity contribution in [1.82, 2.24) is 5.32 Å². The maximum Gasteiger partial charge on any atom is 0.244 e. The molecule has 0 radical (unpaired) electrons. The maximum absolute atomic E-state index is 11.7. The molecule has 0 aliphatic heterocycles. The van der Waals surface area contributed by atoms with Crippen LogP contribution in [-0.4, -0.2) is 23.7 Å². The molecule has 0 spiro atoms. The topological polar surface area (TPSA) is 73.1 Å². The fourth-order valence-corrected chi connectivity index (χ4v) is 1.62. The number of carbonyl (C=O) groups is 1. The Bertz CT molecular complexity index is 472. The Morgan fingerprint density at radius 2 is 2.16 bits per heavy atom. The van der Waals surface area contributed by atoms with Gasteiger partial charge in [-0.3, -0.25) is 4.79 Å². The third-order valence-electron chi connectivity index (χ3n) is 2.78. The lowest BCUT2D eigenvalue weighted by molar-refractivity contribution is -0.117. The zero-order chi connectivity index (χ0) is 14.1. The molecule has 100 valence electrons. The number of benzene rings is 1. The Morgan fingerprint density at radius 3 is 2.68 bits per heavy atom. The molecule has 4 nitrogen and oxygen atoms in total. The zero-order valence-electron chi connectivity index (χ0n) is 11.0. The fourth-order valence-electron chi connectivity index (χ4n) is 1.62. The normalized spacial score (nSPS) is 12.1. The summed E-state index contributed by atoms with van der Waals surface area (Å²) < 4.78 is 0. The SMILES string of the molecule is CCC(CCO)NC(=O)/C=C/c1ccc(C#N)cc1. The van der Waals surface area contributed by atoms with Crippen molar-refractivity contribution in [2.45, 2.75) is 25.8 Å². The molecule has 0 saturated carbocycles. The van der Waals surface area contributed by atoms with Gasteiger partial charge in [0.15, 0.2) is 0 Å². The number of hydrogen-bond acceptors (Lipinski definition) is 3. The van der Waals surface area contributed by atoms with E-state index < -0.39 is 0 Å². The van der Waals surface area contributed by atoms with Crippen molar-refractivity contribution in [3.8, 4) is 6.07 Å². The van der Waals surface area contributed by atoms with Crippen molar-refractivity contribution in [3.05, 3.63) is 41.5 Å². The van der Waals surface area contributed by atoms with Gasteiger partial charge in [0.1, 0.15) is 0 Å². The zero-order valence-corrected chi connectivity index (χ0v) is 11.0. The molecule has 1 aromatic carbocycles. The van der Waals surface area contributed by atoms with Crippen molar-refractivity contribution in [1.29, 1.82) is 5.26 Å². The Morgan fingerprint density at radius 1 is 1.47 bits per heavy atom. The second-order valence-electron chi connectivity index (χ2n) is 4.19. The van der Waals surface area contributed by atoms with Gasteiger partial charge < -0.3 is 10.4 Å². The van der Waals surface area contributed by atoms with E-state index in [0.717, 1.165) is 12.0 Å². The van der Waals surface area contributed by atoms with Crippen LogP contribution < -0.4 is 5.32 Å². The second-order valence-corrected chi connectivity index (χ2v) is 4.19. The van der Waals surface area contributed by atoms with Crippen molar-refractivity contribution in [2.24, 2.45) is 0 Å². The molecule has 0 aliphatic rings. The average Bonchev–Trinajstić information content (AvgIpc) is 2.45.